The van der Waals surface area contributed by atoms with Crippen LogP contribution in [0.4, 0.5) is 0 Å². The van der Waals surface area contributed by atoms with Gasteiger partial charge in [-0.15, -0.1) is 0 Å². The first-order valence-electron chi connectivity index (χ1n) is 19.8. The molecule has 0 aromatic rings. The van der Waals surface area contributed by atoms with Crippen molar-refractivity contribution in [2.24, 2.45) is 0 Å². The second kappa shape index (κ2) is 44.5. The van der Waals surface area contributed by atoms with Crippen molar-refractivity contribution in [3.8, 4) is 0 Å². The highest BCUT2D eigenvalue weighted by Crippen LogP contribution is 2.12. The van der Waals surface area contributed by atoms with Crippen LogP contribution in [0, 0.1) is 0 Å². The van der Waals surface area contributed by atoms with Crippen molar-refractivity contribution in [3.05, 3.63) is 24.3 Å². The Bertz CT molecular complexity index is 533. The SMILES string of the molecule is CCCCCCCC/C=C\CCCCCCCCOCC(C)OCCCCCCCC/C=C\CCCCCCCC.CNC. The maximum atomic E-state index is 5.95. The van der Waals surface area contributed by atoms with Gasteiger partial charge in [-0.2, -0.15) is 0 Å². The van der Waals surface area contributed by atoms with Crippen LogP contribution < -0.4 is 5.32 Å². The molecule has 1 N–H and O–H groups in total. The van der Waals surface area contributed by atoms with E-state index in [-0.39, 0.29) is 6.10 Å². The van der Waals surface area contributed by atoms with E-state index in [4.69, 9.17) is 9.47 Å². The van der Waals surface area contributed by atoms with E-state index in [0.717, 1.165) is 19.8 Å². The van der Waals surface area contributed by atoms with E-state index >= 15 is 0 Å². The van der Waals surface area contributed by atoms with Crippen LogP contribution in [0.2, 0.25) is 0 Å². The zero-order chi connectivity index (χ0) is 32.4. The van der Waals surface area contributed by atoms with Gasteiger partial charge in [-0.25, -0.2) is 0 Å². The monoisotopic (exact) mass is 622 g/mol. The molecule has 0 amide bonds. The first kappa shape index (κ1) is 45.5. The normalized spacial score (nSPS) is 12.3. The summed E-state index contributed by atoms with van der Waals surface area (Å²) in [5, 5.41) is 2.75. The molecule has 44 heavy (non-hydrogen) atoms. The predicted octanol–water partition coefficient (Wildman–Crippen LogP) is 13.3. The number of hydrogen-bond donors (Lipinski definition) is 1. The molecular formula is C41H83NO2. The summed E-state index contributed by atoms with van der Waals surface area (Å²) in [6.45, 7) is 9.26. The van der Waals surface area contributed by atoms with Gasteiger partial charge in [-0.05, 0) is 85.2 Å². The van der Waals surface area contributed by atoms with Crippen LogP contribution in [-0.2, 0) is 9.47 Å². The highest BCUT2D eigenvalue weighted by atomic mass is 16.5. The minimum Gasteiger partial charge on any atom is -0.379 e. The minimum absolute atomic E-state index is 0.229. The van der Waals surface area contributed by atoms with Gasteiger partial charge in [0.25, 0.3) is 0 Å². The largest absolute Gasteiger partial charge is 0.379 e. The van der Waals surface area contributed by atoms with Gasteiger partial charge in [0, 0.05) is 13.2 Å². The van der Waals surface area contributed by atoms with Crippen LogP contribution in [0.25, 0.3) is 0 Å². The molecule has 0 radical (unpaired) electrons. The van der Waals surface area contributed by atoms with E-state index in [1.54, 1.807) is 0 Å². The molecule has 0 saturated heterocycles. The number of ether oxygens (including phenoxy) is 2. The molecule has 0 bridgehead atoms. The zero-order valence-corrected chi connectivity index (χ0v) is 31.1. The van der Waals surface area contributed by atoms with Gasteiger partial charge >= 0.3 is 0 Å². The zero-order valence-electron chi connectivity index (χ0n) is 31.1. The topological polar surface area (TPSA) is 30.5 Å². The van der Waals surface area contributed by atoms with E-state index in [0.29, 0.717) is 0 Å². The molecule has 0 rings (SSSR count). The third kappa shape index (κ3) is 45.8. The summed E-state index contributed by atoms with van der Waals surface area (Å²) < 4.78 is 11.8. The lowest BCUT2D eigenvalue weighted by molar-refractivity contribution is -0.00869. The summed E-state index contributed by atoms with van der Waals surface area (Å²) in [5.41, 5.74) is 0. The van der Waals surface area contributed by atoms with Gasteiger partial charge < -0.3 is 14.8 Å². The molecule has 3 nitrogen and oxygen atoms in total. The Kier molecular flexibility index (Phi) is 46.0. The Morgan fingerprint density at radius 1 is 0.432 bits per heavy atom. The predicted molar refractivity (Wildman–Crippen MR) is 200 cm³/mol. The smallest absolute Gasteiger partial charge is 0.0780 e. The second-order valence-corrected chi connectivity index (χ2v) is 13.1. The van der Waals surface area contributed by atoms with Gasteiger partial charge in [0.2, 0.25) is 0 Å². The molecule has 1 atom stereocenters. The van der Waals surface area contributed by atoms with E-state index in [2.05, 4.69) is 50.4 Å². The van der Waals surface area contributed by atoms with Crippen molar-refractivity contribution in [1.29, 1.82) is 0 Å². The van der Waals surface area contributed by atoms with Crippen LogP contribution >= 0.6 is 0 Å². The average molecular weight is 622 g/mol. The number of hydrogen-bond acceptors (Lipinski definition) is 3. The van der Waals surface area contributed by atoms with Crippen molar-refractivity contribution in [1.82, 2.24) is 5.32 Å². The van der Waals surface area contributed by atoms with Gasteiger partial charge in [0.1, 0.15) is 0 Å². The van der Waals surface area contributed by atoms with Crippen LogP contribution in [0.1, 0.15) is 201 Å². The summed E-state index contributed by atoms with van der Waals surface area (Å²) in [6.07, 6.45) is 47.8. The van der Waals surface area contributed by atoms with Crippen molar-refractivity contribution in [3.63, 3.8) is 0 Å². The summed E-state index contributed by atoms with van der Waals surface area (Å²) in [5.74, 6) is 0. The average Bonchev–Trinajstić information content (AvgIpc) is 3.02. The summed E-state index contributed by atoms with van der Waals surface area (Å²) in [7, 11) is 3.75. The van der Waals surface area contributed by atoms with Crippen molar-refractivity contribution >= 4 is 0 Å². The standard InChI is InChI=1S/C39H76O2.C2H7N/c1-4-6-8-10-12-14-16-18-20-22-24-26-28-30-32-34-36-40-38-39(3)41-37-35-33-31-29-27-25-23-21-19-17-15-13-11-9-7-5-2;1-3-2/h18-21,39H,4-17,22-38H2,1-3H3;3H,1-2H3/b20-18-,21-19-;. The third-order valence-corrected chi connectivity index (χ3v) is 8.21. The molecule has 0 spiro atoms. The molecule has 0 aliphatic heterocycles. The Balaban J connectivity index is 0. The third-order valence-electron chi connectivity index (χ3n) is 8.21. The van der Waals surface area contributed by atoms with Crippen molar-refractivity contribution in [2.75, 3.05) is 33.9 Å². The summed E-state index contributed by atoms with van der Waals surface area (Å²) >= 11 is 0. The van der Waals surface area contributed by atoms with Crippen molar-refractivity contribution in [2.45, 2.75) is 207 Å². The molecule has 264 valence electrons. The Hall–Kier alpha value is -0.640. The number of nitrogens with one attached hydrogen (secondary N) is 1. The van der Waals surface area contributed by atoms with Gasteiger partial charge in [-0.1, -0.05) is 154 Å². The molecular weight excluding hydrogens is 538 g/mol. The molecule has 0 fully saturated rings. The van der Waals surface area contributed by atoms with Crippen LogP contribution in [-0.4, -0.2) is 40.0 Å². The van der Waals surface area contributed by atoms with E-state index in [1.807, 2.05) is 14.1 Å². The Morgan fingerprint density at radius 3 is 1.09 bits per heavy atom. The second-order valence-electron chi connectivity index (χ2n) is 13.1. The van der Waals surface area contributed by atoms with Gasteiger partial charge in [-0.3, -0.25) is 0 Å². The van der Waals surface area contributed by atoms with Crippen LogP contribution in [0.15, 0.2) is 24.3 Å². The molecule has 0 aromatic carbocycles. The van der Waals surface area contributed by atoms with Gasteiger partial charge in [0.05, 0.1) is 12.7 Å². The number of unbranched alkanes of at least 4 members (excludes halogenated alkanes) is 24. The Labute approximate surface area is 279 Å². The molecule has 0 aliphatic carbocycles. The highest BCUT2D eigenvalue weighted by molar-refractivity contribution is 4.82. The van der Waals surface area contributed by atoms with Crippen LogP contribution in [0.5, 0.6) is 0 Å². The lowest BCUT2D eigenvalue weighted by Gasteiger charge is -2.13. The summed E-state index contributed by atoms with van der Waals surface area (Å²) in [4.78, 5) is 0. The molecule has 0 heterocycles. The molecule has 3 heteroatoms. The first-order valence-corrected chi connectivity index (χ1v) is 19.8. The fourth-order valence-corrected chi connectivity index (χ4v) is 5.38. The lowest BCUT2D eigenvalue weighted by atomic mass is 10.1. The quantitative estimate of drug-likeness (QED) is 0.0564. The fourth-order valence-electron chi connectivity index (χ4n) is 5.38. The van der Waals surface area contributed by atoms with Crippen molar-refractivity contribution < 1.29 is 9.47 Å². The number of allylic oxidation sites excluding steroid dienone is 4. The highest BCUT2D eigenvalue weighted by Gasteiger charge is 2.02. The maximum absolute atomic E-state index is 5.95. The number of rotatable bonds is 35. The Morgan fingerprint density at radius 2 is 0.727 bits per heavy atom. The minimum atomic E-state index is 0.229. The fraction of sp³-hybridized carbons (Fsp3) is 0.902. The first-order chi connectivity index (χ1) is 21.7. The van der Waals surface area contributed by atoms with E-state index in [9.17, 15) is 0 Å². The lowest BCUT2D eigenvalue weighted by Crippen LogP contribution is -2.17. The maximum Gasteiger partial charge on any atom is 0.0780 e. The molecule has 1 unspecified atom stereocenters. The van der Waals surface area contributed by atoms with E-state index in [1.165, 1.54) is 180 Å². The molecule has 0 aromatic heterocycles. The van der Waals surface area contributed by atoms with Gasteiger partial charge in [0.15, 0.2) is 0 Å². The summed E-state index contributed by atoms with van der Waals surface area (Å²) in [6, 6.07) is 0. The van der Waals surface area contributed by atoms with Crippen LogP contribution in [0.3, 0.4) is 0 Å². The molecule has 0 saturated carbocycles. The van der Waals surface area contributed by atoms with E-state index < -0.39 is 0 Å². The molecule has 0 aliphatic rings.